The number of rotatable bonds is 1. The number of hydrogen-bond donors (Lipinski definition) is 2. The summed E-state index contributed by atoms with van der Waals surface area (Å²) in [6.45, 7) is 1.20. The summed E-state index contributed by atoms with van der Waals surface area (Å²) in [5.74, 6) is -1.19. The second-order valence-corrected chi connectivity index (χ2v) is 1.92. The molecule has 0 aliphatic carbocycles. The monoisotopic (exact) mass is 170 g/mol. The van der Waals surface area contributed by atoms with Gasteiger partial charge in [0, 0.05) is 12.4 Å². The molecule has 1 atom stereocenters. The molecule has 0 spiro atoms. The quantitative estimate of drug-likeness (QED) is 0.616. The molecular formula is C7H10N2O3. The molecule has 1 aromatic rings. The maximum absolute atomic E-state index is 9.45. The Morgan fingerprint density at radius 2 is 1.83 bits per heavy atom. The number of aliphatic hydroxyl groups is 1. The van der Waals surface area contributed by atoms with Crippen molar-refractivity contribution in [1.82, 2.24) is 9.97 Å². The van der Waals surface area contributed by atoms with Crippen LogP contribution in [0.5, 0.6) is 0 Å². The maximum atomic E-state index is 9.45. The molecule has 0 bridgehead atoms. The molecule has 1 rings (SSSR count). The van der Waals surface area contributed by atoms with Gasteiger partial charge in [-0.3, -0.25) is 0 Å². The third-order valence-electron chi connectivity index (χ3n) is 0.835. The van der Waals surface area contributed by atoms with Gasteiger partial charge in [-0.25, -0.2) is 14.8 Å². The first-order valence-electron chi connectivity index (χ1n) is 3.25. The summed E-state index contributed by atoms with van der Waals surface area (Å²) >= 11 is 0. The molecule has 0 aliphatic heterocycles. The Balaban J connectivity index is 0.000000202. The van der Waals surface area contributed by atoms with E-state index >= 15 is 0 Å². The van der Waals surface area contributed by atoms with Crippen LogP contribution in [-0.4, -0.2) is 32.3 Å². The number of carboxylic acids is 1. The minimum absolute atomic E-state index is 1.19. The lowest BCUT2D eigenvalue weighted by atomic mass is 10.4. The lowest BCUT2D eigenvalue weighted by Crippen LogP contribution is -2.13. The topological polar surface area (TPSA) is 83.3 Å². The largest absolute Gasteiger partial charge is 0.479 e. The Bertz CT molecular complexity index is 186. The summed E-state index contributed by atoms with van der Waals surface area (Å²) < 4.78 is 0. The summed E-state index contributed by atoms with van der Waals surface area (Å²) in [6.07, 6.45) is 3.64. The molecule has 12 heavy (non-hydrogen) atoms. The number of aliphatic carboxylic acids is 1. The number of nitrogens with zero attached hydrogens (tertiary/aromatic N) is 2. The number of hydrogen-bond acceptors (Lipinski definition) is 4. The molecule has 5 heteroatoms. The van der Waals surface area contributed by atoms with Crippen molar-refractivity contribution in [3.63, 3.8) is 0 Å². The van der Waals surface area contributed by atoms with E-state index in [0.717, 1.165) is 0 Å². The third-order valence-corrected chi connectivity index (χ3v) is 0.835. The van der Waals surface area contributed by atoms with Gasteiger partial charge in [0.1, 0.15) is 12.4 Å². The van der Waals surface area contributed by atoms with Crippen molar-refractivity contribution in [2.24, 2.45) is 0 Å². The highest BCUT2D eigenvalue weighted by Crippen LogP contribution is 1.73. The fourth-order valence-corrected chi connectivity index (χ4v) is 0.253. The van der Waals surface area contributed by atoms with E-state index in [2.05, 4.69) is 9.97 Å². The van der Waals surface area contributed by atoms with Crippen molar-refractivity contribution >= 4 is 5.97 Å². The average molecular weight is 170 g/mol. The molecule has 0 aliphatic rings. The second kappa shape index (κ2) is 6.23. The van der Waals surface area contributed by atoms with Crippen molar-refractivity contribution in [3.8, 4) is 0 Å². The van der Waals surface area contributed by atoms with E-state index in [1.165, 1.54) is 13.3 Å². The van der Waals surface area contributed by atoms with E-state index in [0.29, 0.717) is 0 Å². The summed E-state index contributed by atoms with van der Waals surface area (Å²) in [5, 5.41) is 15.8. The number of carbonyl (C=O) groups is 1. The van der Waals surface area contributed by atoms with E-state index in [1.807, 2.05) is 0 Å². The van der Waals surface area contributed by atoms with Crippen LogP contribution in [0.25, 0.3) is 0 Å². The molecule has 0 radical (unpaired) electrons. The molecule has 0 saturated heterocycles. The average Bonchev–Trinajstić information content (AvgIpc) is 2.08. The summed E-state index contributed by atoms with van der Waals surface area (Å²) in [4.78, 5) is 16.8. The van der Waals surface area contributed by atoms with Crippen molar-refractivity contribution in [1.29, 1.82) is 0 Å². The Kier molecular flexibility index (Phi) is 5.46. The molecule has 1 heterocycles. The van der Waals surface area contributed by atoms with Crippen LogP contribution in [0.3, 0.4) is 0 Å². The standard InChI is InChI=1S/C4H4N2.C3H6O3/c1-2-5-4-6-3-1;1-2(4)3(5)6/h1-4H;2,4H,1H3,(H,5,6). The van der Waals surface area contributed by atoms with Crippen LogP contribution in [-0.2, 0) is 4.79 Å². The summed E-state index contributed by atoms with van der Waals surface area (Å²) in [7, 11) is 0. The van der Waals surface area contributed by atoms with Crippen LogP contribution in [0.2, 0.25) is 0 Å². The van der Waals surface area contributed by atoms with Gasteiger partial charge in [0.15, 0.2) is 0 Å². The number of aromatic nitrogens is 2. The van der Waals surface area contributed by atoms with Gasteiger partial charge in [-0.1, -0.05) is 0 Å². The van der Waals surface area contributed by atoms with Gasteiger partial charge in [-0.2, -0.15) is 0 Å². The molecule has 0 aromatic carbocycles. The Morgan fingerprint density at radius 1 is 1.42 bits per heavy atom. The van der Waals surface area contributed by atoms with Crippen molar-refractivity contribution < 1.29 is 15.0 Å². The Morgan fingerprint density at radius 3 is 1.92 bits per heavy atom. The molecule has 66 valence electrons. The van der Waals surface area contributed by atoms with Crippen LogP contribution in [0.15, 0.2) is 24.8 Å². The molecule has 1 unspecified atom stereocenters. The van der Waals surface area contributed by atoms with E-state index in [1.54, 1.807) is 18.5 Å². The second-order valence-electron chi connectivity index (χ2n) is 1.92. The first kappa shape index (κ1) is 10.5. The van der Waals surface area contributed by atoms with E-state index in [-0.39, 0.29) is 0 Å². The van der Waals surface area contributed by atoms with Crippen LogP contribution >= 0.6 is 0 Å². The predicted octanol–water partition coefficient (Wildman–Crippen LogP) is -0.0716. The first-order chi connectivity index (χ1) is 5.64. The van der Waals surface area contributed by atoms with Gasteiger partial charge in [0.05, 0.1) is 0 Å². The maximum Gasteiger partial charge on any atom is 0.332 e. The zero-order valence-electron chi connectivity index (χ0n) is 6.58. The molecule has 0 fully saturated rings. The zero-order chi connectivity index (χ0) is 9.40. The lowest BCUT2D eigenvalue weighted by Gasteiger charge is -1.89. The molecule has 5 nitrogen and oxygen atoms in total. The van der Waals surface area contributed by atoms with Gasteiger partial charge < -0.3 is 10.2 Å². The zero-order valence-corrected chi connectivity index (χ0v) is 6.58. The Hall–Kier alpha value is -1.49. The highest BCUT2D eigenvalue weighted by molar-refractivity contribution is 5.71. The lowest BCUT2D eigenvalue weighted by molar-refractivity contribution is -0.145. The van der Waals surface area contributed by atoms with E-state index < -0.39 is 12.1 Å². The van der Waals surface area contributed by atoms with Crippen LogP contribution in [0.4, 0.5) is 0 Å². The molecule has 1 aromatic heterocycles. The smallest absolute Gasteiger partial charge is 0.332 e. The van der Waals surface area contributed by atoms with Gasteiger partial charge in [-0.05, 0) is 13.0 Å². The summed E-state index contributed by atoms with van der Waals surface area (Å²) in [6, 6.07) is 1.78. The minimum Gasteiger partial charge on any atom is -0.479 e. The van der Waals surface area contributed by atoms with Crippen molar-refractivity contribution in [2.75, 3.05) is 0 Å². The molecule has 0 amide bonds. The molecule has 2 N–H and O–H groups in total. The van der Waals surface area contributed by atoms with Crippen LogP contribution < -0.4 is 0 Å². The van der Waals surface area contributed by atoms with E-state index in [4.69, 9.17) is 10.2 Å². The van der Waals surface area contributed by atoms with Gasteiger partial charge in [0.2, 0.25) is 0 Å². The fourth-order valence-electron chi connectivity index (χ4n) is 0.253. The summed E-state index contributed by atoms with van der Waals surface area (Å²) in [5.41, 5.74) is 0. The first-order valence-corrected chi connectivity index (χ1v) is 3.25. The fraction of sp³-hybridized carbons (Fsp3) is 0.286. The van der Waals surface area contributed by atoms with Gasteiger partial charge in [-0.15, -0.1) is 0 Å². The number of aliphatic hydroxyl groups excluding tert-OH is 1. The molecule has 0 saturated carbocycles. The predicted molar refractivity (Wildman–Crippen MR) is 41.3 cm³/mol. The van der Waals surface area contributed by atoms with Crippen molar-refractivity contribution in [2.45, 2.75) is 13.0 Å². The number of carboxylic acid groups (broad SMARTS) is 1. The van der Waals surface area contributed by atoms with Crippen molar-refractivity contribution in [3.05, 3.63) is 24.8 Å². The minimum atomic E-state index is -1.23. The van der Waals surface area contributed by atoms with Crippen LogP contribution in [0, 0.1) is 0 Å². The van der Waals surface area contributed by atoms with E-state index in [9.17, 15) is 4.79 Å². The van der Waals surface area contributed by atoms with Gasteiger partial charge in [0.25, 0.3) is 0 Å². The van der Waals surface area contributed by atoms with Gasteiger partial charge >= 0.3 is 5.97 Å². The normalized spacial score (nSPS) is 10.8. The highest BCUT2D eigenvalue weighted by atomic mass is 16.4. The Labute approximate surface area is 69.7 Å². The highest BCUT2D eigenvalue weighted by Gasteiger charge is 2.01. The molecular weight excluding hydrogens is 160 g/mol. The third kappa shape index (κ3) is 6.63. The SMILES string of the molecule is CC(O)C(=O)O.c1cncnc1. The van der Waals surface area contributed by atoms with Crippen LogP contribution in [0.1, 0.15) is 6.92 Å².